The lowest BCUT2D eigenvalue weighted by Gasteiger charge is -2.20. The second-order valence-electron chi connectivity index (χ2n) is 8.57. The minimum atomic E-state index is -0.198. The van der Waals surface area contributed by atoms with Crippen molar-refractivity contribution < 1.29 is 9.47 Å². The van der Waals surface area contributed by atoms with Crippen molar-refractivity contribution >= 4 is 33.0 Å². The first kappa shape index (κ1) is 26.7. The minimum absolute atomic E-state index is 0.0527. The number of rotatable bonds is 11. The average Bonchev–Trinajstić information content (AvgIpc) is 2.85. The van der Waals surface area contributed by atoms with Gasteiger partial charge in [0.15, 0.2) is 11.5 Å². The van der Waals surface area contributed by atoms with Gasteiger partial charge in [0, 0.05) is 16.0 Å². The zero-order valence-corrected chi connectivity index (χ0v) is 22.8. The van der Waals surface area contributed by atoms with Crippen LogP contribution < -0.4 is 15.0 Å². The maximum absolute atomic E-state index is 13.4. The molecule has 0 unspecified atom stereocenters. The van der Waals surface area contributed by atoms with Gasteiger partial charge >= 0.3 is 0 Å². The molecule has 0 aliphatic carbocycles. The third-order valence-corrected chi connectivity index (χ3v) is 6.41. The molecular formula is C28H34BrN3O3. The lowest BCUT2D eigenvalue weighted by Crippen LogP contribution is -2.23. The van der Waals surface area contributed by atoms with Crippen LogP contribution in [0, 0.1) is 0 Å². The summed E-state index contributed by atoms with van der Waals surface area (Å²) in [6.45, 7) is 14.6. The Morgan fingerprint density at radius 2 is 1.94 bits per heavy atom. The molecular weight excluding hydrogens is 506 g/mol. The van der Waals surface area contributed by atoms with Crippen LogP contribution in [0.3, 0.4) is 0 Å². The van der Waals surface area contributed by atoms with Crippen molar-refractivity contribution in [3.8, 4) is 11.5 Å². The Kier molecular flexibility index (Phi) is 9.26. The first-order valence-corrected chi connectivity index (χ1v) is 13.0. The number of nitrogens with zero attached hydrogens (tertiary/aromatic N) is 3. The highest BCUT2D eigenvalue weighted by Gasteiger charge is 2.17. The molecule has 3 rings (SSSR count). The SMILES string of the molecule is C=CCc1cc(C=Nn2c([C@H](C)CC)nc3ccc(Br)cc3c2=O)cc(OCC)c1O[C@@H](C)CC. The van der Waals surface area contributed by atoms with E-state index in [0.29, 0.717) is 35.5 Å². The van der Waals surface area contributed by atoms with E-state index in [-0.39, 0.29) is 17.6 Å². The van der Waals surface area contributed by atoms with Crippen LogP contribution in [0.25, 0.3) is 10.9 Å². The summed E-state index contributed by atoms with van der Waals surface area (Å²) < 4.78 is 14.4. The molecule has 1 aromatic heterocycles. The Balaban J connectivity index is 2.16. The summed E-state index contributed by atoms with van der Waals surface area (Å²) in [6.07, 6.45) is 5.92. The number of allylic oxidation sites excluding steroid dienone is 1. The zero-order valence-electron chi connectivity index (χ0n) is 21.2. The highest BCUT2D eigenvalue weighted by molar-refractivity contribution is 9.10. The molecule has 0 saturated carbocycles. The van der Waals surface area contributed by atoms with E-state index in [4.69, 9.17) is 14.5 Å². The number of hydrogen-bond donors (Lipinski definition) is 0. The number of fused-ring (bicyclic) bond motifs is 1. The molecule has 0 aliphatic heterocycles. The van der Waals surface area contributed by atoms with Crippen molar-refractivity contribution in [2.24, 2.45) is 5.10 Å². The van der Waals surface area contributed by atoms with Gasteiger partial charge in [0.1, 0.15) is 5.82 Å². The van der Waals surface area contributed by atoms with Gasteiger partial charge in [0.05, 0.1) is 29.8 Å². The smallest absolute Gasteiger partial charge is 0.282 e. The van der Waals surface area contributed by atoms with Gasteiger partial charge in [-0.05, 0) is 69.0 Å². The summed E-state index contributed by atoms with van der Waals surface area (Å²) in [4.78, 5) is 18.2. The van der Waals surface area contributed by atoms with Gasteiger partial charge in [0.2, 0.25) is 0 Å². The molecule has 0 aliphatic rings. The second-order valence-corrected chi connectivity index (χ2v) is 9.49. The molecule has 0 fully saturated rings. The molecule has 0 amide bonds. The average molecular weight is 541 g/mol. The maximum Gasteiger partial charge on any atom is 0.282 e. The van der Waals surface area contributed by atoms with E-state index in [1.165, 1.54) is 4.68 Å². The third kappa shape index (κ3) is 6.20. The highest BCUT2D eigenvalue weighted by Crippen LogP contribution is 2.35. The van der Waals surface area contributed by atoms with E-state index in [1.54, 1.807) is 12.3 Å². The summed E-state index contributed by atoms with van der Waals surface area (Å²) >= 11 is 3.45. The van der Waals surface area contributed by atoms with Gasteiger partial charge in [-0.2, -0.15) is 9.78 Å². The molecule has 7 heteroatoms. The van der Waals surface area contributed by atoms with E-state index >= 15 is 0 Å². The van der Waals surface area contributed by atoms with Crippen LogP contribution in [0.1, 0.15) is 70.3 Å². The predicted molar refractivity (Wildman–Crippen MR) is 147 cm³/mol. The molecule has 0 saturated heterocycles. The molecule has 2 atom stereocenters. The number of halogens is 1. The third-order valence-electron chi connectivity index (χ3n) is 5.92. The lowest BCUT2D eigenvalue weighted by atomic mass is 10.1. The topological polar surface area (TPSA) is 65.7 Å². The molecule has 0 N–H and O–H groups in total. The number of benzene rings is 2. The fraction of sp³-hybridized carbons (Fsp3) is 0.393. The summed E-state index contributed by atoms with van der Waals surface area (Å²) in [5.41, 5.74) is 2.23. The fourth-order valence-electron chi connectivity index (χ4n) is 3.65. The normalized spacial score (nSPS) is 13.2. The summed E-state index contributed by atoms with van der Waals surface area (Å²) in [6, 6.07) is 9.43. The maximum atomic E-state index is 13.4. The van der Waals surface area contributed by atoms with Crippen LogP contribution in [-0.2, 0) is 6.42 Å². The standard InChI is InChI=1S/C28H34BrN3O3/c1-7-11-21-14-20(15-25(34-10-4)26(21)35-19(6)9-3)17-30-32-27(18(5)8-2)31-24-13-12-22(29)16-23(24)28(32)33/h7,12-19H,1,8-11H2,2-6H3/t18-,19+/m1/s1. The zero-order chi connectivity index (χ0) is 25.5. The van der Waals surface area contributed by atoms with E-state index < -0.39 is 0 Å². The van der Waals surface area contributed by atoms with Crippen molar-refractivity contribution in [1.82, 2.24) is 9.66 Å². The van der Waals surface area contributed by atoms with Gasteiger partial charge in [0.25, 0.3) is 5.56 Å². The summed E-state index contributed by atoms with van der Waals surface area (Å²) in [7, 11) is 0. The predicted octanol–water partition coefficient (Wildman–Crippen LogP) is 6.86. The molecule has 186 valence electrons. The van der Waals surface area contributed by atoms with Crippen LogP contribution >= 0.6 is 15.9 Å². The van der Waals surface area contributed by atoms with Crippen LogP contribution in [0.15, 0.2) is 57.4 Å². The van der Waals surface area contributed by atoms with Crippen LogP contribution in [0.5, 0.6) is 11.5 Å². The molecule has 35 heavy (non-hydrogen) atoms. The van der Waals surface area contributed by atoms with Gasteiger partial charge in [-0.3, -0.25) is 4.79 Å². The summed E-state index contributed by atoms with van der Waals surface area (Å²) in [5.74, 6) is 2.09. The van der Waals surface area contributed by atoms with E-state index in [1.807, 2.05) is 44.2 Å². The highest BCUT2D eigenvalue weighted by atomic mass is 79.9. The van der Waals surface area contributed by atoms with E-state index in [9.17, 15) is 4.79 Å². The molecule has 0 radical (unpaired) electrons. The first-order chi connectivity index (χ1) is 16.8. The van der Waals surface area contributed by atoms with Gasteiger partial charge in [-0.25, -0.2) is 4.98 Å². The van der Waals surface area contributed by atoms with Crippen LogP contribution in [0.2, 0.25) is 0 Å². The summed E-state index contributed by atoms with van der Waals surface area (Å²) in [5, 5.41) is 5.13. The Morgan fingerprint density at radius 1 is 1.17 bits per heavy atom. The fourth-order valence-corrected chi connectivity index (χ4v) is 4.01. The Morgan fingerprint density at radius 3 is 2.60 bits per heavy atom. The van der Waals surface area contributed by atoms with E-state index in [2.05, 4.69) is 48.4 Å². The van der Waals surface area contributed by atoms with Crippen molar-refractivity contribution in [2.75, 3.05) is 6.61 Å². The first-order valence-electron chi connectivity index (χ1n) is 12.2. The number of ether oxygens (including phenoxy) is 2. The van der Waals surface area contributed by atoms with Crippen molar-refractivity contribution in [2.45, 2.75) is 65.9 Å². The van der Waals surface area contributed by atoms with Crippen molar-refractivity contribution in [1.29, 1.82) is 0 Å². The monoisotopic (exact) mass is 539 g/mol. The second kappa shape index (κ2) is 12.2. The number of hydrogen-bond acceptors (Lipinski definition) is 5. The van der Waals surface area contributed by atoms with Gasteiger partial charge in [-0.1, -0.05) is 42.8 Å². The van der Waals surface area contributed by atoms with Crippen LogP contribution in [0.4, 0.5) is 0 Å². The Bertz CT molecular complexity index is 1280. The molecule has 0 spiro atoms. The van der Waals surface area contributed by atoms with Gasteiger partial charge < -0.3 is 9.47 Å². The molecule has 3 aromatic rings. The Hall–Kier alpha value is -2.93. The van der Waals surface area contributed by atoms with Crippen molar-refractivity contribution in [3.05, 3.63) is 74.8 Å². The molecule has 0 bridgehead atoms. The lowest BCUT2D eigenvalue weighted by molar-refractivity contribution is 0.201. The number of aromatic nitrogens is 2. The molecule has 1 heterocycles. The quantitative estimate of drug-likeness (QED) is 0.197. The minimum Gasteiger partial charge on any atom is -0.490 e. The molecule has 6 nitrogen and oxygen atoms in total. The Labute approximate surface area is 215 Å². The molecule has 2 aromatic carbocycles. The van der Waals surface area contributed by atoms with Crippen LogP contribution in [-0.4, -0.2) is 28.6 Å². The van der Waals surface area contributed by atoms with Gasteiger partial charge in [-0.15, -0.1) is 6.58 Å². The largest absolute Gasteiger partial charge is 0.490 e. The van der Waals surface area contributed by atoms with E-state index in [0.717, 1.165) is 34.2 Å². The van der Waals surface area contributed by atoms with Crippen molar-refractivity contribution in [3.63, 3.8) is 0 Å².